The summed E-state index contributed by atoms with van der Waals surface area (Å²) < 4.78 is 13.3. The maximum Gasteiger partial charge on any atom is 0.325 e. The van der Waals surface area contributed by atoms with Crippen molar-refractivity contribution in [1.82, 2.24) is 5.32 Å². The van der Waals surface area contributed by atoms with Gasteiger partial charge < -0.3 is 5.11 Å². The molecule has 0 aromatic heterocycles. The van der Waals surface area contributed by atoms with Gasteiger partial charge in [-0.2, -0.15) is 0 Å². The molecular weight excluding hydrogens is 277 g/mol. The van der Waals surface area contributed by atoms with Crippen LogP contribution in [-0.4, -0.2) is 17.1 Å². The van der Waals surface area contributed by atoms with E-state index in [0.29, 0.717) is 5.56 Å². The van der Waals surface area contributed by atoms with Crippen molar-refractivity contribution in [1.29, 1.82) is 0 Å². The van der Waals surface area contributed by atoms with E-state index in [1.165, 1.54) is 18.2 Å². The van der Waals surface area contributed by atoms with Gasteiger partial charge in [0.15, 0.2) is 0 Å². The number of halogens is 2. The van der Waals surface area contributed by atoms with Gasteiger partial charge in [0.05, 0.1) is 4.47 Å². The van der Waals surface area contributed by atoms with E-state index in [0.717, 1.165) is 12.8 Å². The van der Waals surface area contributed by atoms with Crippen LogP contribution in [0.4, 0.5) is 4.39 Å². The van der Waals surface area contributed by atoms with E-state index in [4.69, 9.17) is 5.11 Å². The molecule has 5 heteroatoms. The molecule has 1 aromatic rings. The summed E-state index contributed by atoms with van der Waals surface area (Å²) >= 11 is 3.05. The van der Waals surface area contributed by atoms with E-state index in [2.05, 4.69) is 21.2 Å². The Balaban J connectivity index is 2.22. The molecule has 2 N–H and O–H groups in total. The lowest BCUT2D eigenvalue weighted by Gasteiger charge is -2.14. The number of rotatable bonds is 4. The summed E-state index contributed by atoms with van der Waals surface area (Å²) in [5.41, 5.74) is 0.563. The van der Waals surface area contributed by atoms with Crippen LogP contribution < -0.4 is 5.32 Å². The van der Waals surface area contributed by atoms with Crippen molar-refractivity contribution in [2.75, 3.05) is 0 Å². The first-order valence-corrected chi connectivity index (χ1v) is 5.81. The zero-order valence-electron chi connectivity index (χ0n) is 8.41. The largest absolute Gasteiger partial charge is 0.480 e. The van der Waals surface area contributed by atoms with Crippen molar-refractivity contribution in [3.05, 3.63) is 34.1 Å². The third-order valence-electron chi connectivity index (χ3n) is 2.50. The molecule has 86 valence electrons. The van der Waals surface area contributed by atoms with Gasteiger partial charge in [-0.05, 0) is 46.5 Å². The van der Waals surface area contributed by atoms with Crippen molar-refractivity contribution >= 4 is 21.9 Å². The highest BCUT2D eigenvalue weighted by molar-refractivity contribution is 9.10. The summed E-state index contributed by atoms with van der Waals surface area (Å²) in [7, 11) is 0. The fraction of sp³-hybridized carbons (Fsp3) is 0.364. The van der Waals surface area contributed by atoms with Gasteiger partial charge in [-0.15, -0.1) is 0 Å². The normalized spacial score (nSPS) is 17.1. The summed E-state index contributed by atoms with van der Waals surface area (Å²) in [5, 5.41) is 12.1. The number of hydrogen-bond donors (Lipinski definition) is 2. The number of aliphatic carboxylic acids is 1. The molecule has 1 unspecified atom stereocenters. The van der Waals surface area contributed by atoms with E-state index in [1.54, 1.807) is 0 Å². The fourth-order valence-corrected chi connectivity index (χ4v) is 1.88. The van der Waals surface area contributed by atoms with Crippen LogP contribution in [0, 0.1) is 5.82 Å². The Labute approximate surface area is 101 Å². The molecule has 16 heavy (non-hydrogen) atoms. The minimum Gasteiger partial charge on any atom is -0.480 e. The van der Waals surface area contributed by atoms with E-state index in [9.17, 15) is 9.18 Å². The van der Waals surface area contributed by atoms with Gasteiger partial charge in [-0.3, -0.25) is 10.1 Å². The van der Waals surface area contributed by atoms with Gasteiger partial charge in [0.1, 0.15) is 11.9 Å². The fourth-order valence-electron chi connectivity index (χ4n) is 1.49. The molecule has 1 fully saturated rings. The van der Waals surface area contributed by atoms with Crippen LogP contribution in [0.25, 0.3) is 0 Å². The molecule has 0 bridgehead atoms. The molecule has 0 spiro atoms. The van der Waals surface area contributed by atoms with Crippen LogP contribution in [0.15, 0.2) is 22.7 Å². The van der Waals surface area contributed by atoms with Gasteiger partial charge in [0.2, 0.25) is 0 Å². The van der Waals surface area contributed by atoms with Crippen molar-refractivity contribution in [3.8, 4) is 0 Å². The standard InChI is InChI=1S/C11H11BrFNO2/c12-8-5-6(1-4-9(8)13)10(11(15)16)14-7-2-3-7/h1,4-5,7,10,14H,2-3H2,(H,15,16). The molecule has 0 aliphatic heterocycles. The second kappa shape index (κ2) is 4.51. The van der Waals surface area contributed by atoms with Crippen LogP contribution in [0.5, 0.6) is 0 Å². The van der Waals surface area contributed by atoms with Gasteiger partial charge >= 0.3 is 5.97 Å². The van der Waals surface area contributed by atoms with E-state index < -0.39 is 12.0 Å². The highest BCUT2D eigenvalue weighted by Crippen LogP contribution is 2.26. The SMILES string of the molecule is O=C(O)C(NC1CC1)c1ccc(F)c(Br)c1. The first kappa shape index (κ1) is 11.5. The summed E-state index contributed by atoms with van der Waals surface area (Å²) in [5.74, 6) is -1.33. The Morgan fingerprint density at radius 2 is 2.25 bits per heavy atom. The lowest BCUT2D eigenvalue weighted by Crippen LogP contribution is -2.30. The zero-order chi connectivity index (χ0) is 11.7. The minimum atomic E-state index is -0.939. The summed E-state index contributed by atoms with van der Waals surface area (Å²) in [6.45, 7) is 0. The molecule has 1 aromatic carbocycles. The molecule has 1 atom stereocenters. The lowest BCUT2D eigenvalue weighted by molar-refractivity contribution is -0.139. The summed E-state index contributed by atoms with van der Waals surface area (Å²) in [6.07, 6.45) is 2.01. The van der Waals surface area contributed by atoms with Crippen molar-refractivity contribution in [2.24, 2.45) is 0 Å². The van der Waals surface area contributed by atoms with E-state index in [-0.39, 0.29) is 16.3 Å². The number of nitrogens with one attached hydrogen (secondary N) is 1. The van der Waals surface area contributed by atoms with Crippen molar-refractivity contribution in [2.45, 2.75) is 24.9 Å². The number of carboxylic acids is 1. The monoisotopic (exact) mass is 287 g/mol. The van der Waals surface area contributed by atoms with E-state index >= 15 is 0 Å². The van der Waals surface area contributed by atoms with Crippen LogP contribution in [0.1, 0.15) is 24.4 Å². The van der Waals surface area contributed by atoms with Crippen LogP contribution in [0.2, 0.25) is 0 Å². The quantitative estimate of drug-likeness (QED) is 0.894. The average Bonchev–Trinajstić information content (AvgIpc) is 3.02. The molecule has 0 radical (unpaired) electrons. The Kier molecular flexibility index (Phi) is 3.25. The third-order valence-corrected chi connectivity index (χ3v) is 3.11. The topological polar surface area (TPSA) is 49.3 Å². The second-order valence-electron chi connectivity index (χ2n) is 3.89. The predicted molar refractivity (Wildman–Crippen MR) is 60.6 cm³/mol. The van der Waals surface area contributed by atoms with Crippen LogP contribution in [0.3, 0.4) is 0 Å². The van der Waals surface area contributed by atoms with Gasteiger partial charge in [0.25, 0.3) is 0 Å². The Bertz CT molecular complexity index is 420. The first-order valence-electron chi connectivity index (χ1n) is 5.01. The summed E-state index contributed by atoms with van der Waals surface area (Å²) in [6, 6.07) is 3.79. The Morgan fingerprint density at radius 1 is 1.56 bits per heavy atom. The second-order valence-corrected chi connectivity index (χ2v) is 4.74. The minimum absolute atomic E-state index is 0.282. The molecular formula is C11H11BrFNO2. The number of hydrogen-bond acceptors (Lipinski definition) is 2. The van der Waals surface area contributed by atoms with Gasteiger partial charge in [-0.1, -0.05) is 6.07 Å². The average molecular weight is 288 g/mol. The molecule has 2 rings (SSSR count). The van der Waals surface area contributed by atoms with E-state index in [1.807, 2.05) is 0 Å². The van der Waals surface area contributed by atoms with Crippen molar-refractivity contribution < 1.29 is 14.3 Å². The molecule has 3 nitrogen and oxygen atoms in total. The van der Waals surface area contributed by atoms with Crippen LogP contribution in [-0.2, 0) is 4.79 Å². The highest BCUT2D eigenvalue weighted by Gasteiger charge is 2.29. The molecule has 1 aliphatic carbocycles. The Hall–Kier alpha value is -0.940. The highest BCUT2D eigenvalue weighted by atomic mass is 79.9. The van der Waals surface area contributed by atoms with Crippen LogP contribution >= 0.6 is 15.9 Å². The molecule has 1 saturated carbocycles. The van der Waals surface area contributed by atoms with Crippen molar-refractivity contribution in [3.63, 3.8) is 0 Å². The Morgan fingerprint density at radius 3 is 2.75 bits per heavy atom. The smallest absolute Gasteiger partial charge is 0.325 e. The number of benzene rings is 1. The number of carboxylic acid groups (broad SMARTS) is 1. The molecule has 0 amide bonds. The summed E-state index contributed by atoms with van der Waals surface area (Å²) in [4.78, 5) is 11.1. The maximum atomic E-state index is 13.0. The maximum absolute atomic E-state index is 13.0. The molecule has 1 aliphatic rings. The molecule has 0 saturated heterocycles. The number of carbonyl (C=O) groups is 1. The third kappa shape index (κ3) is 2.59. The van der Waals surface area contributed by atoms with Gasteiger partial charge in [0, 0.05) is 6.04 Å². The predicted octanol–water partition coefficient (Wildman–Crippen LogP) is 2.47. The lowest BCUT2D eigenvalue weighted by atomic mass is 10.1. The first-order chi connectivity index (χ1) is 7.58. The van der Waals surface area contributed by atoms with Gasteiger partial charge in [-0.25, -0.2) is 4.39 Å². The zero-order valence-corrected chi connectivity index (χ0v) is 10.00. The molecule has 0 heterocycles.